The molecule has 4 N–H and O–H groups in total. The Labute approximate surface area is 357 Å². The van der Waals surface area contributed by atoms with Gasteiger partial charge >= 0.3 is 30.1 Å². The number of carboxylic acids is 1. The Bertz CT molecular complexity index is 1660. The summed E-state index contributed by atoms with van der Waals surface area (Å²) in [5.74, 6) is -0.538. The molecule has 2 spiro atoms. The first-order valence-corrected chi connectivity index (χ1v) is 22.0. The van der Waals surface area contributed by atoms with Crippen molar-refractivity contribution in [3.05, 3.63) is 0 Å². The molecule has 3 aliphatic carbocycles. The Morgan fingerprint density at radius 2 is 1.43 bits per heavy atom. The molecule has 60 heavy (non-hydrogen) atoms. The van der Waals surface area contributed by atoms with E-state index in [4.69, 9.17) is 28.8 Å². The van der Waals surface area contributed by atoms with E-state index in [2.05, 4.69) is 50.2 Å². The number of nitrogens with one attached hydrogen (secondary N) is 2. The Morgan fingerprint density at radius 1 is 0.850 bits per heavy atom. The Balaban J connectivity index is 0.000000496. The minimum Gasteiger partial charge on any atom is -0.480 e. The number of piperidine rings is 2. The number of aliphatic hydroxyl groups is 1. The molecule has 3 saturated carbocycles. The number of carbonyl (C=O) groups is 5. The van der Waals surface area contributed by atoms with Crippen molar-refractivity contribution in [2.24, 2.45) is 34.0 Å². The molecule has 15 nitrogen and oxygen atoms in total. The van der Waals surface area contributed by atoms with Crippen LogP contribution in [0.2, 0.25) is 0 Å². The van der Waals surface area contributed by atoms with Crippen molar-refractivity contribution in [2.75, 3.05) is 19.6 Å². The van der Waals surface area contributed by atoms with Gasteiger partial charge in [0.1, 0.15) is 30.4 Å². The molecule has 3 saturated heterocycles. The highest BCUT2D eigenvalue weighted by Gasteiger charge is 2.83. The van der Waals surface area contributed by atoms with Gasteiger partial charge in [0.15, 0.2) is 6.10 Å². The van der Waals surface area contributed by atoms with Crippen molar-refractivity contribution in [3.8, 4) is 0 Å². The summed E-state index contributed by atoms with van der Waals surface area (Å²) in [5.41, 5.74) is -2.16. The third-order valence-electron chi connectivity index (χ3n) is 15.2. The van der Waals surface area contributed by atoms with Gasteiger partial charge in [-0.3, -0.25) is 19.3 Å². The molecule has 3 heterocycles. The zero-order chi connectivity index (χ0) is 45.2. The average Bonchev–Trinajstić information content (AvgIpc) is 3.67. The van der Waals surface area contributed by atoms with E-state index in [1.54, 1.807) is 55.4 Å². The molecule has 0 aromatic rings. The largest absolute Gasteiger partial charge is 0.480 e. The number of rotatable bonds is 8. The number of ether oxygens (including phenoxy) is 5. The smallest absolute Gasteiger partial charge is 0.408 e. The van der Waals surface area contributed by atoms with E-state index in [0.29, 0.717) is 17.8 Å². The molecule has 0 aromatic heterocycles. The summed E-state index contributed by atoms with van der Waals surface area (Å²) in [6.07, 6.45) is 5.69. The monoisotopic (exact) mass is 850 g/mol. The maximum absolute atomic E-state index is 12.9. The lowest BCUT2D eigenvalue weighted by atomic mass is 9.45. The van der Waals surface area contributed by atoms with Gasteiger partial charge in [-0.25, -0.2) is 9.59 Å². The van der Waals surface area contributed by atoms with E-state index < -0.39 is 59.5 Å². The summed E-state index contributed by atoms with van der Waals surface area (Å²) in [6, 6.07) is 0. The molecule has 11 atom stereocenters. The highest BCUT2D eigenvalue weighted by Crippen LogP contribution is 2.84. The summed E-state index contributed by atoms with van der Waals surface area (Å²) in [7, 11) is 0. The second-order valence-corrected chi connectivity index (χ2v) is 22.3. The van der Waals surface area contributed by atoms with E-state index in [-0.39, 0.29) is 52.2 Å². The number of hydrogen-bond acceptors (Lipinski definition) is 12. The highest BCUT2D eigenvalue weighted by atomic mass is 16.6. The lowest BCUT2D eigenvalue weighted by molar-refractivity contribution is -0.209. The molecule has 6 rings (SSSR count). The second kappa shape index (κ2) is 16.2. The SMILES string of the molecule is CC(=O)O[C@@H](C1C[C@@H](C)C2C(C[C@@]3(C)[C@@H]4CCN5C(C)(C)[C@@H](OC(=O)CNC(=O)OC(C)(C)C)CC[C@@]56C[C@@]46CC[C@]23C)O1)C(C)(C)O.CC(C)(C)OC(=O)NCC(=O)O. The topological polar surface area (TPSA) is 199 Å². The molecule has 3 unspecified atom stereocenters. The third kappa shape index (κ3) is 9.14. The fraction of sp³-hybridized carbons (Fsp3) is 0.889. The predicted octanol–water partition coefficient (Wildman–Crippen LogP) is 6.36. The first kappa shape index (κ1) is 47.9. The van der Waals surface area contributed by atoms with Crippen molar-refractivity contribution in [1.82, 2.24) is 15.5 Å². The fourth-order valence-corrected chi connectivity index (χ4v) is 13.0. The maximum atomic E-state index is 12.9. The van der Waals surface area contributed by atoms with Gasteiger partial charge in [0.05, 0.1) is 23.3 Å². The zero-order valence-electron chi connectivity index (χ0n) is 38.7. The number of alkyl carbamates (subject to hydrolysis) is 2. The van der Waals surface area contributed by atoms with Crippen LogP contribution in [0.1, 0.15) is 148 Å². The van der Waals surface area contributed by atoms with Crippen LogP contribution in [0.15, 0.2) is 0 Å². The maximum Gasteiger partial charge on any atom is 0.408 e. The summed E-state index contributed by atoms with van der Waals surface area (Å²) in [5, 5.41) is 23.8. The van der Waals surface area contributed by atoms with Crippen LogP contribution in [-0.2, 0) is 38.1 Å². The molecule has 0 bridgehead atoms. The van der Waals surface area contributed by atoms with Crippen LogP contribution in [0.4, 0.5) is 9.59 Å². The van der Waals surface area contributed by atoms with Crippen molar-refractivity contribution >= 4 is 30.1 Å². The average molecular weight is 850 g/mol. The lowest BCUT2D eigenvalue weighted by Crippen LogP contribution is -2.68. The summed E-state index contributed by atoms with van der Waals surface area (Å²) in [4.78, 5) is 60.5. The van der Waals surface area contributed by atoms with Crippen LogP contribution in [0.3, 0.4) is 0 Å². The number of amides is 2. The number of esters is 2. The Morgan fingerprint density at radius 3 is 1.97 bits per heavy atom. The minimum atomic E-state index is -1.20. The molecular formula is C45H75N3O12. The molecule has 342 valence electrons. The van der Waals surface area contributed by atoms with Crippen LogP contribution in [0.5, 0.6) is 0 Å². The summed E-state index contributed by atoms with van der Waals surface area (Å²) >= 11 is 0. The molecule has 15 heteroatoms. The summed E-state index contributed by atoms with van der Waals surface area (Å²) in [6.45, 7) is 27.5. The third-order valence-corrected chi connectivity index (χ3v) is 15.2. The van der Waals surface area contributed by atoms with Crippen molar-refractivity contribution < 1.29 is 57.9 Å². The number of nitrogens with zero attached hydrogens (tertiary/aromatic N) is 1. The standard InChI is InChI=1S/C38H62N2O8.C7H13NO4/c1-22-18-24(30(34(8,9)44)45-23(2)41)46-25-19-36(11)26-13-17-40-33(6,7)27(47-28(42)20-39-31(43)48-32(3,4)5)12-14-38(40)21-37(26,38)16-15-35(36,10)29(22)25;1-7(2,3)12-6(11)8-4-5(9)10/h22,24-27,29-30,44H,12-21H2,1-11H3,(H,39,43);4H2,1-3H3,(H,8,11)(H,9,10)/t22-,24?,25?,26+,27+,29?,30+,35-,36+,37+,38+;/m1./s1. The van der Waals surface area contributed by atoms with Crippen molar-refractivity contribution in [2.45, 2.75) is 201 Å². The van der Waals surface area contributed by atoms with Crippen LogP contribution < -0.4 is 10.6 Å². The number of carboxylic acid groups (broad SMARTS) is 1. The summed E-state index contributed by atoms with van der Waals surface area (Å²) < 4.78 is 28.8. The lowest BCUT2D eigenvalue weighted by Gasteiger charge is -2.64. The Hall–Kier alpha value is -3.17. The van der Waals surface area contributed by atoms with E-state index >= 15 is 0 Å². The van der Waals surface area contributed by atoms with Gasteiger partial charge in [-0.05, 0) is 161 Å². The van der Waals surface area contributed by atoms with Gasteiger partial charge in [-0.1, -0.05) is 20.8 Å². The normalized spacial score (nSPS) is 37.0. The number of hydrogen-bond donors (Lipinski definition) is 4. The molecule has 0 aromatic carbocycles. The quantitative estimate of drug-likeness (QED) is 0.156. The number of carbonyl (C=O) groups excluding carboxylic acids is 4. The van der Waals surface area contributed by atoms with Gasteiger partial charge in [0, 0.05) is 12.5 Å². The first-order chi connectivity index (χ1) is 27.3. The molecular weight excluding hydrogens is 775 g/mol. The second-order valence-electron chi connectivity index (χ2n) is 22.3. The van der Waals surface area contributed by atoms with Crippen LogP contribution in [0.25, 0.3) is 0 Å². The molecule has 3 aliphatic heterocycles. The predicted molar refractivity (Wildman–Crippen MR) is 222 cm³/mol. The molecule has 6 fully saturated rings. The van der Waals surface area contributed by atoms with E-state index in [1.165, 1.54) is 26.2 Å². The van der Waals surface area contributed by atoms with Crippen LogP contribution in [0, 0.1) is 34.0 Å². The van der Waals surface area contributed by atoms with E-state index in [0.717, 1.165) is 38.6 Å². The van der Waals surface area contributed by atoms with Crippen molar-refractivity contribution in [3.63, 3.8) is 0 Å². The Kier molecular flexibility index (Phi) is 12.9. The van der Waals surface area contributed by atoms with Crippen molar-refractivity contribution in [1.29, 1.82) is 0 Å². The molecule has 6 aliphatic rings. The first-order valence-electron chi connectivity index (χ1n) is 22.0. The van der Waals surface area contributed by atoms with Crippen LogP contribution in [-0.4, -0.2) is 117 Å². The number of aliphatic carboxylic acids is 1. The molecule has 0 radical (unpaired) electrons. The minimum absolute atomic E-state index is 0.0675. The fourth-order valence-electron chi connectivity index (χ4n) is 13.0. The van der Waals surface area contributed by atoms with Gasteiger partial charge < -0.3 is 44.5 Å². The van der Waals surface area contributed by atoms with E-state index in [1.807, 2.05) is 0 Å². The zero-order valence-corrected chi connectivity index (χ0v) is 38.7. The van der Waals surface area contributed by atoms with Gasteiger partial charge in [-0.15, -0.1) is 0 Å². The molecule has 2 amide bonds. The van der Waals surface area contributed by atoms with Gasteiger partial charge in [-0.2, -0.15) is 0 Å². The van der Waals surface area contributed by atoms with Gasteiger partial charge in [0.2, 0.25) is 0 Å². The van der Waals surface area contributed by atoms with Crippen LogP contribution >= 0.6 is 0 Å². The van der Waals surface area contributed by atoms with E-state index in [9.17, 15) is 29.1 Å². The van der Waals surface area contributed by atoms with Gasteiger partial charge in [0.25, 0.3) is 0 Å². The highest BCUT2D eigenvalue weighted by molar-refractivity contribution is 5.78. The number of fused-ring (bicyclic) bond motifs is 4.